The highest BCUT2D eigenvalue weighted by atomic mass is 35.5. The van der Waals surface area contributed by atoms with Crippen molar-refractivity contribution in [2.45, 2.75) is 6.92 Å². The van der Waals surface area contributed by atoms with Gasteiger partial charge in [0.05, 0.1) is 0 Å². The van der Waals surface area contributed by atoms with Crippen LogP contribution in [0.15, 0.2) is 41.1 Å². The maximum absolute atomic E-state index is 11.7. The molecule has 1 amide bonds. The highest BCUT2D eigenvalue weighted by molar-refractivity contribution is 7.08. The second kappa shape index (κ2) is 5.85. The SMILES string of the molecule is Cc1c(Cl)cccc1NC(=O)/C=C/c1ccsc1. The number of carbonyl (C=O) groups excluding carboxylic acids is 1. The van der Waals surface area contributed by atoms with Crippen LogP contribution < -0.4 is 5.32 Å². The van der Waals surface area contributed by atoms with Crippen molar-refractivity contribution in [2.24, 2.45) is 0 Å². The number of rotatable bonds is 3. The van der Waals surface area contributed by atoms with E-state index in [1.165, 1.54) is 6.08 Å². The Morgan fingerprint density at radius 2 is 2.22 bits per heavy atom. The minimum absolute atomic E-state index is 0.161. The molecule has 1 heterocycles. The number of anilines is 1. The van der Waals surface area contributed by atoms with Crippen molar-refractivity contribution in [1.29, 1.82) is 0 Å². The normalized spacial score (nSPS) is 10.8. The van der Waals surface area contributed by atoms with Gasteiger partial charge in [0.2, 0.25) is 5.91 Å². The second-order valence-electron chi connectivity index (χ2n) is 3.79. The highest BCUT2D eigenvalue weighted by Gasteiger charge is 2.03. The van der Waals surface area contributed by atoms with Gasteiger partial charge in [-0.05, 0) is 53.1 Å². The van der Waals surface area contributed by atoms with Crippen molar-refractivity contribution in [3.05, 3.63) is 57.3 Å². The van der Waals surface area contributed by atoms with Crippen LogP contribution in [-0.2, 0) is 4.79 Å². The molecular weight excluding hydrogens is 266 g/mol. The van der Waals surface area contributed by atoms with Gasteiger partial charge in [0, 0.05) is 16.8 Å². The van der Waals surface area contributed by atoms with Gasteiger partial charge in [-0.2, -0.15) is 11.3 Å². The molecule has 2 nitrogen and oxygen atoms in total. The Balaban J connectivity index is 2.05. The van der Waals surface area contributed by atoms with Crippen LogP contribution in [0.2, 0.25) is 5.02 Å². The Labute approximate surface area is 115 Å². The number of benzene rings is 1. The average molecular weight is 278 g/mol. The van der Waals surface area contributed by atoms with Crippen molar-refractivity contribution >= 4 is 40.6 Å². The van der Waals surface area contributed by atoms with Gasteiger partial charge < -0.3 is 5.32 Å². The highest BCUT2D eigenvalue weighted by Crippen LogP contribution is 2.22. The fraction of sp³-hybridized carbons (Fsp3) is 0.0714. The molecule has 1 aromatic carbocycles. The summed E-state index contributed by atoms with van der Waals surface area (Å²) in [5, 5.41) is 7.41. The summed E-state index contributed by atoms with van der Waals surface area (Å²) in [7, 11) is 0. The Kier molecular flexibility index (Phi) is 4.18. The molecule has 0 aliphatic rings. The lowest BCUT2D eigenvalue weighted by molar-refractivity contribution is -0.111. The number of halogens is 1. The number of hydrogen-bond donors (Lipinski definition) is 1. The van der Waals surface area contributed by atoms with Crippen LogP contribution in [-0.4, -0.2) is 5.91 Å². The summed E-state index contributed by atoms with van der Waals surface area (Å²) in [5.74, 6) is -0.161. The summed E-state index contributed by atoms with van der Waals surface area (Å²) in [5.41, 5.74) is 2.64. The van der Waals surface area contributed by atoms with Crippen LogP contribution >= 0.6 is 22.9 Å². The van der Waals surface area contributed by atoms with E-state index < -0.39 is 0 Å². The molecule has 0 atom stereocenters. The lowest BCUT2D eigenvalue weighted by Gasteiger charge is -2.07. The number of hydrogen-bond acceptors (Lipinski definition) is 2. The molecule has 4 heteroatoms. The minimum atomic E-state index is -0.161. The molecule has 18 heavy (non-hydrogen) atoms. The summed E-state index contributed by atoms with van der Waals surface area (Å²) >= 11 is 7.59. The topological polar surface area (TPSA) is 29.1 Å². The zero-order valence-electron chi connectivity index (χ0n) is 9.81. The minimum Gasteiger partial charge on any atom is -0.322 e. The Hall–Kier alpha value is -1.58. The molecule has 0 unspecified atom stereocenters. The lowest BCUT2D eigenvalue weighted by Crippen LogP contribution is -2.08. The molecule has 2 aromatic rings. The molecular formula is C14H12ClNOS. The molecule has 0 saturated carbocycles. The Bertz CT molecular complexity index is 575. The third-order valence-electron chi connectivity index (χ3n) is 2.50. The number of amides is 1. The fourth-order valence-electron chi connectivity index (χ4n) is 1.46. The van der Waals surface area contributed by atoms with Gasteiger partial charge in [0.15, 0.2) is 0 Å². The Morgan fingerprint density at radius 3 is 2.94 bits per heavy atom. The quantitative estimate of drug-likeness (QED) is 0.830. The van der Waals surface area contributed by atoms with E-state index in [1.807, 2.05) is 35.9 Å². The van der Waals surface area contributed by atoms with Gasteiger partial charge in [-0.15, -0.1) is 0 Å². The lowest BCUT2D eigenvalue weighted by atomic mass is 10.2. The fourth-order valence-corrected chi connectivity index (χ4v) is 2.26. The smallest absolute Gasteiger partial charge is 0.248 e. The van der Waals surface area contributed by atoms with Crippen LogP contribution in [0.25, 0.3) is 6.08 Å². The standard InChI is InChI=1S/C14H12ClNOS/c1-10-12(15)3-2-4-13(10)16-14(17)6-5-11-7-8-18-9-11/h2-9H,1H3,(H,16,17)/b6-5+. The molecule has 1 aromatic heterocycles. The van der Waals surface area contributed by atoms with Crippen molar-refractivity contribution in [2.75, 3.05) is 5.32 Å². The first kappa shape index (κ1) is 12.9. The first-order chi connectivity index (χ1) is 8.66. The molecule has 0 aliphatic carbocycles. The van der Waals surface area contributed by atoms with Gasteiger partial charge in [-0.25, -0.2) is 0 Å². The van der Waals surface area contributed by atoms with Gasteiger partial charge >= 0.3 is 0 Å². The van der Waals surface area contributed by atoms with Crippen LogP contribution in [0.5, 0.6) is 0 Å². The van der Waals surface area contributed by atoms with Crippen molar-refractivity contribution in [3.8, 4) is 0 Å². The zero-order chi connectivity index (χ0) is 13.0. The van der Waals surface area contributed by atoms with E-state index in [2.05, 4.69) is 5.32 Å². The molecule has 0 aliphatic heterocycles. The number of nitrogens with one attached hydrogen (secondary N) is 1. The zero-order valence-corrected chi connectivity index (χ0v) is 11.4. The number of carbonyl (C=O) groups is 1. The van der Waals surface area contributed by atoms with E-state index in [1.54, 1.807) is 23.5 Å². The largest absolute Gasteiger partial charge is 0.322 e. The van der Waals surface area contributed by atoms with Crippen molar-refractivity contribution < 1.29 is 4.79 Å². The average Bonchev–Trinajstić information content (AvgIpc) is 2.86. The summed E-state index contributed by atoms with van der Waals surface area (Å²) in [6.45, 7) is 1.88. The maximum Gasteiger partial charge on any atom is 0.248 e. The van der Waals surface area contributed by atoms with Gasteiger partial charge in [-0.1, -0.05) is 17.7 Å². The van der Waals surface area contributed by atoms with E-state index in [0.29, 0.717) is 5.02 Å². The van der Waals surface area contributed by atoms with Crippen LogP contribution in [0, 0.1) is 6.92 Å². The predicted molar refractivity (Wildman–Crippen MR) is 78.2 cm³/mol. The van der Waals surface area contributed by atoms with Crippen molar-refractivity contribution in [3.63, 3.8) is 0 Å². The van der Waals surface area contributed by atoms with E-state index in [9.17, 15) is 4.79 Å². The molecule has 92 valence electrons. The molecule has 0 radical (unpaired) electrons. The summed E-state index contributed by atoms with van der Waals surface area (Å²) in [6.07, 6.45) is 3.30. The molecule has 2 rings (SSSR count). The van der Waals surface area contributed by atoms with E-state index >= 15 is 0 Å². The van der Waals surface area contributed by atoms with Gasteiger partial charge in [0.1, 0.15) is 0 Å². The van der Waals surface area contributed by atoms with E-state index in [0.717, 1.165) is 16.8 Å². The first-order valence-corrected chi connectivity index (χ1v) is 6.75. The van der Waals surface area contributed by atoms with Crippen LogP contribution in [0.4, 0.5) is 5.69 Å². The maximum atomic E-state index is 11.7. The van der Waals surface area contributed by atoms with E-state index in [4.69, 9.17) is 11.6 Å². The van der Waals surface area contributed by atoms with E-state index in [-0.39, 0.29) is 5.91 Å². The predicted octanol–water partition coefficient (Wildman–Crippen LogP) is 4.36. The second-order valence-corrected chi connectivity index (χ2v) is 4.98. The molecule has 0 fully saturated rings. The molecule has 0 saturated heterocycles. The monoisotopic (exact) mass is 277 g/mol. The van der Waals surface area contributed by atoms with Crippen LogP contribution in [0.1, 0.15) is 11.1 Å². The summed E-state index contributed by atoms with van der Waals surface area (Å²) in [6, 6.07) is 7.40. The third-order valence-corrected chi connectivity index (χ3v) is 3.61. The molecule has 1 N–H and O–H groups in total. The van der Waals surface area contributed by atoms with Gasteiger partial charge in [-0.3, -0.25) is 4.79 Å². The first-order valence-electron chi connectivity index (χ1n) is 5.43. The number of thiophene rings is 1. The summed E-state index contributed by atoms with van der Waals surface area (Å²) in [4.78, 5) is 11.7. The third kappa shape index (κ3) is 3.22. The van der Waals surface area contributed by atoms with Crippen molar-refractivity contribution in [1.82, 2.24) is 0 Å². The summed E-state index contributed by atoms with van der Waals surface area (Å²) < 4.78 is 0. The van der Waals surface area contributed by atoms with Gasteiger partial charge in [0.25, 0.3) is 0 Å². The molecule has 0 bridgehead atoms. The Morgan fingerprint density at radius 1 is 1.39 bits per heavy atom. The van der Waals surface area contributed by atoms with Crippen LogP contribution in [0.3, 0.4) is 0 Å². The molecule has 0 spiro atoms.